The van der Waals surface area contributed by atoms with Crippen LogP contribution in [0.4, 0.5) is 4.39 Å². The van der Waals surface area contributed by atoms with Crippen LogP contribution in [-0.4, -0.2) is 50.5 Å². The minimum atomic E-state index is -2.21. The van der Waals surface area contributed by atoms with Gasteiger partial charge in [-0.15, -0.1) is 0 Å². The first kappa shape index (κ1) is 35.5. The summed E-state index contributed by atoms with van der Waals surface area (Å²) in [7, 11) is -0.816. The molecular weight excluding hydrogens is 660 g/mol. The third kappa shape index (κ3) is 6.38. The molecule has 5 rings (SSSR count). The lowest BCUT2D eigenvalue weighted by molar-refractivity contribution is -0.149. The Bertz CT molecular complexity index is 1630. The van der Waals surface area contributed by atoms with Crippen LogP contribution in [0.2, 0.25) is 29.7 Å². The van der Waals surface area contributed by atoms with E-state index in [1.165, 1.54) is 25.0 Å². The van der Waals surface area contributed by atoms with Gasteiger partial charge in [-0.1, -0.05) is 54.4 Å². The number of fused-ring (bicyclic) bond motifs is 1. The number of carbonyl (C=O) groups excluding carboxylic acids is 1. The van der Waals surface area contributed by atoms with E-state index in [9.17, 15) is 14.7 Å². The molecule has 2 aliphatic rings. The van der Waals surface area contributed by atoms with Crippen LogP contribution >= 0.6 is 23.2 Å². The molecule has 11 heteroatoms. The molecule has 4 atom stereocenters. The Balaban J connectivity index is 1.82. The zero-order chi connectivity index (χ0) is 34.3. The normalized spacial score (nSPS) is 21.3. The molecule has 0 aliphatic carbocycles. The second-order valence-electron chi connectivity index (χ2n) is 13.4. The van der Waals surface area contributed by atoms with Crippen molar-refractivity contribution >= 4 is 43.4 Å². The first-order valence-electron chi connectivity index (χ1n) is 16.0. The number of ether oxygens (including phenoxy) is 2. The van der Waals surface area contributed by atoms with Crippen LogP contribution in [0.1, 0.15) is 71.8 Å². The molecule has 1 N–H and O–H groups in total. The molecule has 0 radical (unpaired) electrons. The van der Waals surface area contributed by atoms with Gasteiger partial charge in [0.25, 0.3) is 5.91 Å². The van der Waals surface area contributed by atoms with Gasteiger partial charge in [-0.25, -0.2) is 4.39 Å². The molecule has 2 aliphatic heterocycles. The summed E-state index contributed by atoms with van der Waals surface area (Å²) >= 11 is 12.5. The van der Waals surface area contributed by atoms with Gasteiger partial charge >= 0.3 is 5.97 Å². The van der Waals surface area contributed by atoms with Crippen molar-refractivity contribution in [3.63, 3.8) is 0 Å². The van der Waals surface area contributed by atoms with E-state index >= 15 is 4.39 Å². The molecule has 1 amide bonds. The molecule has 47 heavy (non-hydrogen) atoms. The highest BCUT2D eigenvalue weighted by molar-refractivity contribution is 6.69. The minimum absolute atomic E-state index is 0.0117. The van der Waals surface area contributed by atoms with Crippen LogP contribution in [0.15, 0.2) is 60.7 Å². The number of rotatable bonds is 11. The van der Waals surface area contributed by atoms with Gasteiger partial charge in [0.05, 0.1) is 28.7 Å². The van der Waals surface area contributed by atoms with Gasteiger partial charge in [0.2, 0.25) is 0 Å². The van der Waals surface area contributed by atoms with Crippen molar-refractivity contribution in [1.82, 2.24) is 4.90 Å². The number of hydrogen-bond donors (Lipinski definition) is 1. The van der Waals surface area contributed by atoms with Crippen molar-refractivity contribution in [2.24, 2.45) is 11.8 Å². The topological polar surface area (TPSA) is 85.3 Å². The fourth-order valence-corrected chi connectivity index (χ4v) is 9.24. The Morgan fingerprint density at radius 3 is 2.17 bits per heavy atom. The number of halogens is 3. The van der Waals surface area contributed by atoms with Crippen LogP contribution in [0.25, 0.3) is 0 Å². The summed E-state index contributed by atoms with van der Waals surface area (Å²) in [4.78, 5) is 29.0. The minimum Gasteiger partial charge on any atom is -0.481 e. The van der Waals surface area contributed by atoms with Gasteiger partial charge in [-0.2, -0.15) is 0 Å². The summed E-state index contributed by atoms with van der Waals surface area (Å²) in [6, 6.07) is 15.4. The summed E-state index contributed by atoms with van der Waals surface area (Å²) in [5.41, 5.74) is -1.08. The number of methoxy groups -OCH3 is 1. The Hall–Kier alpha value is -2.79. The summed E-state index contributed by atoms with van der Waals surface area (Å²) in [6.07, 6.45) is 2.03. The molecule has 3 aromatic rings. The quantitative estimate of drug-likeness (QED) is 0.201. The first-order valence-corrected chi connectivity index (χ1v) is 20.1. The number of benzene rings is 3. The number of aliphatic carboxylic acids is 1. The Morgan fingerprint density at radius 1 is 1.09 bits per heavy atom. The fraction of sp³-hybridized carbons (Fsp3) is 0.444. The van der Waals surface area contributed by atoms with Crippen LogP contribution in [0.3, 0.4) is 0 Å². The number of carboxylic acids is 1. The van der Waals surface area contributed by atoms with Crippen molar-refractivity contribution in [2.45, 2.75) is 70.1 Å². The molecule has 1 saturated heterocycles. The van der Waals surface area contributed by atoms with E-state index in [1.807, 2.05) is 6.92 Å². The van der Waals surface area contributed by atoms with Crippen LogP contribution in [-0.2, 0) is 30.0 Å². The SMILES string of the molecule is CCC(O[Si](C)(C)C)(c1cc(F)c2c(c1)C(=O)N(C(c1ccc(Cl)cc1)C(C)C(=O)O)C2(OC)c1ccc(Cl)cc1)C1CCOCC1. The molecule has 0 saturated carbocycles. The first-order chi connectivity index (χ1) is 22.2. The number of carboxylic acid groups (broad SMARTS) is 1. The van der Waals surface area contributed by atoms with Crippen LogP contribution < -0.4 is 0 Å². The van der Waals surface area contributed by atoms with E-state index in [-0.39, 0.29) is 17.0 Å². The largest absolute Gasteiger partial charge is 0.481 e. The number of hydrogen-bond acceptors (Lipinski definition) is 5. The zero-order valence-corrected chi connectivity index (χ0v) is 30.1. The van der Waals surface area contributed by atoms with E-state index in [0.29, 0.717) is 46.4 Å². The average molecular weight is 703 g/mol. The monoisotopic (exact) mass is 701 g/mol. The van der Waals surface area contributed by atoms with Gasteiger partial charge in [0, 0.05) is 35.9 Å². The maximum Gasteiger partial charge on any atom is 0.308 e. The van der Waals surface area contributed by atoms with E-state index in [2.05, 4.69) is 19.6 Å². The third-order valence-electron chi connectivity index (χ3n) is 9.48. The highest BCUT2D eigenvalue weighted by Crippen LogP contribution is 2.54. The molecule has 2 heterocycles. The molecule has 252 valence electrons. The van der Waals surface area contributed by atoms with E-state index in [4.69, 9.17) is 37.1 Å². The molecule has 3 aromatic carbocycles. The highest BCUT2D eigenvalue weighted by atomic mass is 35.5. The van der Waals surface area contributed by atoms with Crippen LogP contribution in [0, 0.1) is 17.7 Å². The summed E-state index contributed by atoms with van der Waals surface area (Å²) in [6.45, 7) is 11.0. The third-order valence-corrected chi connectivity index (χ3v) is 11.0. The maximum absolute atomic E-state index is 17.2. The Labute approximate surface area is 287 Å². The summed E-state index contributed by atoms with van der Waals surface area (Å²) < 4.78 is 36.2. The standard InChI is InChI=1S/C36H42Cl2FNO6Si/c1-7-35(46-47(4,5)6,24-16-18-45-19-17-24)26-20-29-31(30(39)21-26)36(44-3,25-10-14-28(38)15-11-25)40(33(29)41)32(22(2)34(42)43)23-8-12-27(37)13-9-23/h8-15,20-22,24,32H,7,16-19H2,1-6H3,(H,42,43). The average Bonchev–Trinajstić information content (AvgIpc) is 3.29. The number of carbonyl (C=O) groups is 2. The molecule has 0 spiro atoms. The van der Waals surface area contributed by atoms with E-state index in [1.54, 1.807) is 54.6 Å². The van der Waals surface area contributed by atoms with Crippen molar-refractivity contribution < 1.29 is 33.0 Å². The Kier molecular flexibility index (Phi) is 10.3. The molecular formula is C36H42Cl2FNO6Si. The van der Waals surface area contributed by atoms with Gasteiger partial charge in [-0.05, 0) is 99.3 Å². The zero-order valence-electron chi connectivity index (χ0n) is 27.6. The van der Waals surface area contributed by atoms with Crippen molar-refractivity contribution in [3.05, 3.63) is 104 Å². The second kappa shape index (κ2) is 13.6. The predicted octanol–water partition coefficient (Wildman–Crippen LogP) is 8.78. The Morgan fingerprint density at radius 2 is 1.66 bits per heavy atom. The van der Waals surface area contributed by atoms with Gasteiger partial charge < -0.3 is 19.0 Å². The summed E-state index contributed by atoms with van der Waals surface area (Å²) in [5, 5.41) is 11.2. The molecule has 1 fully saturated rings. The number of amides is 1. The molecule has 4 unspecified atom stereocenters. The van der Waals surface area contributed by atoms with Crippen LogP contribution in [0.5, 0.6) is 0 Å². The van der Waals surface area contributed by atoms with Crippen molar-refractivity contribution in [1.29, 1.82) is 0 Å². The lowest BCUT2D eigenvalue weighted by atomic mass is 9.74. The van der Waals surface area contributed by atoms with E-state index < -0.39 is 49.3 Å². The lowest BCUT2D eigenvalue weighted by Crippen LogP contribution is -2.51. The predicted molar refractivity (Wildman–Crippen MR) is 183 cm³/mol. The van der Waals surface area contributed by atoms with Crippen molar-refractivity contribution in [3.8, 4) is 0 Å². The lowest BCUT2D eigenvalue weighted by Gasteiger charge is -2.46. The van der Waals surface area contributed by atoms with Gasteiger partial charge in [0.1, 0.15) is 5.82 Å². The van der Waals surface area contributed by atoms with Gasteiger partial charge in [-0.3, -0.25) is 14.5 Å². The molecule has 0 bridgehead atoms. The van der Waals surface area contributed by atoms with Crippen molar-refractivity contribution in [2.75, 3.05) is 20.3 Å². The maximum atomic E-state index is 17.2. The molecule has 7 nitrogen and oxygen atoms in total. The highest BCUT2D eigenvalue weighted by Gasteiger charge is 2.58. The van der Waals surface area contributed by atoms with Gasteiger partial charge in [0.15, 0.2) is 14.0 Å². The second-order valence-corrected chi connectivity index (χ2v) is 18.7. The molecule has 0 aromatic heterocycles. The smallest absolute Gasteiger partial charge is 0.308 e. The number of nitrogens with zero attached hydrogens (tertiary/aromatic N) is 1. The summed E-state index contributed by atoms with van der Waals surface area (Å²) in [5.74, 6) is -3.42. The fourth-order valence-electron chi connectivity index (χ4n) is 7.47. The van der Waals surface area contributed by atoms with E-state index in [0.717, 1.165) is 12.8 Å².